The number of pyridine rings is 1. The molecule has 0 saturated carbocycles. The van der Waals surface area contributed by atoms with Crippen molar-refractivity contribution in [1.29, 1.82) is 0 Å². The first-order valence-electron chi connectivity index (χ1n) is 9.81. The van der Waals surface area contributed by atoms with Crippen molar-refractivity contribution in [2.45, 2.75) is 13.0 Å². The van der Waals surface area contributed by atoms with Crippen molar-refractivity contribution in [3.63, 3.8) is 0 Å². The molecule has 0 fully saturated rings. The molecule has 3 aromatic carbocycles. The van der Waals surface area contributed by atoms with Crippen LogP contribution in [0.1, 0.15) is 21.5 Å². The fourth-order valence-electron chi connectivity index (χ4n) is 3.52. The van der Waals surface area contributed by atoms with Gasteiger partial charge in [0.25, 0.3) is 11.5 Å². The van der Waals surface area contributed by atoms with Gasteiger partial charge in [0, 0.05) is 23.0 Å². The molecule has 5 heteroatoms. The van der Waals surface area contributed by atoms with E-state index in [4.69, 9.17) is 11.6 Å². The molecule has 0 atom stereocenters. The molecular weight excluding hydrogens is 396 g/mol. The van der Waals surface area contributed by atoms with Crippen molar-refractivity contribution in [3.05, 3.63) is 117 Å². The molecule has 4 rings (SSSR count). The number of hydrogen-bond acceptors (Lipinski definition) is 2. The van der Waals surface area contributed by atoms with Gasteiger partial charge >= 0.3 is 0 Å². The normalized spacial score (nSPS) is 10.8. The van der Waals surface area contributed by atoms with Gasteiger partial charge in [-0.15, -0.1) is 0 Å². The average molecular weight is 417 g/mol. The van der Waals surface area contributed by atoms with Crippen LogP contribution in [0.3, 0.4) is 0 Å². The van der Waals surface area contributed by atoms with E-state index in [0.29, 0.717) is 23.7 Å². The summed E-state index contributed by atoms with van der Waals surface area (Å²) in [7, 11) is 0. The number of hydrogen-bond donors (Lipinski definition) is 1. The van der Waals surface area contributed by atoms with Crippen molar-refractivity contribution < 1.29 is 4.79 Å². The summed E-state index contributed by atoms with van der Waals surface area (Å²) in [5, 5.41) is 4.34. The fourth-order valence-corrected chi connectivity index (χ4v) is 3.64. The number of nitrogens with zero attached hydrogens (tertiary/aromatic N) is 1. The third-order valence-electron chi connectivity index (χ3n) is 5.06. The van der Waals surface area contributed by atoms with Crippen LogP contribution in [0, 0.1) is 0 Å². The van der Waals surface area contributed by atoms with Gasteiger partial charge in [0.2, 0.25) is 0 Å². The molecule has 1 N–H and O–H groups in total. The van der Waals surface area contributed by atoms with Crippen LogP contribution in [0.25, 0.3) is 10.9 Å². The molecule has 4 aromatic rings. The van der Waals surface area contributed by atoms with Crippen LogP contribution in [0.2, 0.25) is 5.02 Å². The van der Waals surface area contributed by atoms with Crippen LogP contribution in [-0.4, -0.2) is 17.0 Å². The Morgan fingerprint density at radius 3 is 2.33 bits per heavy atom. The highest BCUT2D eigenvalue weighted by molar-refractivity contribution is 6.30. The minimum absolute atomic E-state index is 0.211. The zero-order valence-electron chi connectivity index (χ0n) is 16.3. The highest BCUT2D eigenvalue weighted by Crippen LogP contribution is 2.19. The Morgan fingerprint density at radius 2 is 1.57 bits per heavy atom. The van der Waals surface area contributed by atoms with E-state index in [2.05, 4.69) is 5.32 Å². The number of aromatic nitrogens is 1. The maximum absolute atomic E-state index is 12.9. The Labute approximate surface area is 179 Å². The number of para-hydroxylation sites is 1. The summed E-state index contributed by atoms with van der Waals surface area (Å²) in [6.45, 7) is 0.914. The van der Waals surface area contributed by atoms with Gasteiger partial charge in [-0.2, -0.15) is 0 Å². The first-order chi connectivity index (χ1) is 14.6. The van der Waals surface area contributed by atoms with Gasteiger partial charge in [0.15, 0.2) is 0 Å². The lowest BCUT2D eigenvalue weighted by Gasteiger charge is -2.14. The second kappa shape index (κ2) is 8.97. The third kappa shape index (κ3) is 4.44. The number of rotatable bonds is 6. The van der Waals surface area contributed by atoms with Crippen LogP contribution in [0.4, 0.5) is 0 Å². The lowest BCUT2D eigenvalue weighted by Crippen LogP contribution is -2.29. The van der Waals surface area contributed by atoms with Crippen LogP contribution in [0.15, 0.2) is 89.7 Å². The number of nitrogens with one attached hydrogen (secondary N) is 1. The fraction of sp³-hybridized carbons (Fsp3) is 0.120. The van der Waals surface area contributed by atoms with Gasteiger partial charge in [0.05, 0.1) is 17.6 Å². The number of carbonyl (C=O) groups is 1. The predicted molar refractivity (Wildman–Crippen MR) is 121 cm³/mol. The summed E-state index contributed by atoms with van der Waals surface area (Å²) in [6.07, 6.45) is 0.734. The van der Waals surface area contributed by atoms with E-state index in [1.54, 1.807) is 16.7 Å². The summed E-state index contributed by atoms with van der Waals surface area (Å²) in [6, 6.07) is 26.3. The van der Waals surface area contributed by atoms with E-state index in [1.165, 1.54) is 6.07 Å². The lowest BCUT2D eigenvalue weighted by molar-refractivity contribution is 0.0955. The monoisotopic (exact) mass is 416 g/mol. The number of fused-ring (bicyclic) bond motifs is 1. The first-order valence-corrected chi connectivity index (χ1v) is 10.2. The van der Waals surface area contributed by atoms with Crippen LogP contribution in [-0.2, 0) is 13.0 Å². The molecule has 0 aliphatic rings. The van der Waals surface area contributed by atoms with Gasteiger partial charge in [-0.25, -0.2) is 0 Å². The average Bonchev–Trinajstić information content (AvgIpc) is 2.77. The summed E-state index contributed by atoms with van der Waals surface area (Å²) < 4.78 is 1.68. The standard InChI is InChI=1S/C25H21ClN2O2/c26-20-12-10-19(11-13-20)17-28-23-9-5-4-8-21(23)22(16-24(28)29)25(30)27-15-14-18-6-2-1-3-7-18/h1-13,16H,14-15,17H2,(H,27,30). The second-order valence-electron chi connectivity index (χ2n) is 7.12. The van der Waals surface area contributed by atoms with E-state index < -0.39 is 0 Å². The molecule has 0 spiro atoms. The lowest BCUT2D eigenvalue weighted by atomic mass is 10.1. The number of halogens is 1. The topological polar surface area (TPSA) is 51.1 Å². The zero-order chi connectivity index (χ0) is 20.9. The minimum atomic E-state index is -0.238. The summed E-state index contributed by atoms with van der Waals surface area (Å²) in [4.78, 5) is 25.7. The SMILES string of the molecule is O=C(NCCc1ccccc1)c1cc(=O)n(Cc2ccc(Cl)cc2)c2ccccc12. The Morgan fingerprint density at radius 1 is 0.867 bits per heavy atom. The Bertz CT molecular complexity index is 1230. The van der Waals surface area contributed by atoms with Crippen LogP contribution >= 0.6 is 11.6 Å². The van der Waals surface area contributed by atoms with Gasteiger partial charge < -0.3 is 9.88 Å². The van der Waals surface area contributed by atoms with E-state index in [1.807, 2.05) is 66.7 Å². The van der Waals surface area contributed by atoms with E-state index in [9.17, 15) is 9.59 Å². The summed E-state index contributed by atoms with van der Waals surface area (Å²) in [5.41, 5.74) is 3.04. The zero-order valence-corrected chi connectivity index (χ0v) is 17.1. The Kier molecular flexibility index (Phi) is 5.96. The molecule has 1 amide bonds. The van der Waals surface area contributed by atoms with Crippen molar-refractivity contribution in [1.82, 2.24) is 9.88 Å². The van der Waals surface area contributed by atoms with Crippen LogP contribution < -0.4 is 10.9 Å². The first kappa shape index (κ1) is 19.9. The Balaban J connectivity index is 1.60. The number of carbonyl (C=O) groups excluding carboxylic acids is 1. The molecule has 0 aliphatic carbocycles. The second-order valence-corrected chi connectivity index (χ2v) is 7.55. The molecule has 30 heavy (non-hydrogen) atoms. The van der Waals surface area contributed by atoms with Gasteiger partial charge in [-0.3, -0.25) is 9.59 Å². The molecule has 0 unspecified atom stereocenters. The maximum atomic E-state index is 12.9. The van der Waals surface area contributed by atoms with Crippen molar-refractivity contribution in [2.75, 3.05) is 6.54 Å². The van der Waals surface area contributed by atoms with Gasteiger partial charge in [0.1, 0.15) is 0 Å². The molecule has 150 valence electrons. The van der Waals surface area contributed by atoms with Crippen molar-refractivity contribution in [2.24, 2.45) is 0 Å². The predicted octanol–water partition coefficient (Wildman–Crippen LogP) is 4.68. The number of benzene rings is 3. The molecule has 0 saturated heterocycles. The van der Waals surface area contributed by atoms with E-state index in [-0.39, 0.29) is 11.5 Å². The number of amides is 1. The molecule has 4 nitrogen and oxygen atoms in total. The van der Waals surface area contributed by atoms with Crippen molar-refractivity contribution in [3.8, 4) is 0 Å². The van der Waals surface area contributed by atoms with Crippen LogP contribution in [0.5, 0.6) is 0 Å². The highest BCUT2D eigenvalue weighted by Gasteiger charge is 2.14. The third-order valence-corrected chi connectivity index (χ3v) is 5.31. The summed E-state index contributed by atoms with van der Waals surface area (Å²) >= 11 is 5.96. The molecule has 1 heterocycles. The molecule has 1 aromatic heterocycles. The molecule has 0 bridgehead atoms. The minimum Gasteiger partial charge on any atom is -0.352 e. The van der Waals surface area contributed by atoms with Crippen molar-refractivity contribution >= 4 is 28.4 Å². The van der Waals surface area contributed by atoms with E-state index in [0.717, 1.165) is 28.5 Å². The summed E-state index contributed by atoms with van der Waals surface area (Å²) in [5.74, 6) is -0.238. The van der Waals surface area contributed by atoms with Gasteiger partial charge in [-0.1, -0.05) is 72.3 Å². The van der Waals surface area contributed by atoms with Gasteiger partial charge in [-0.05, 0) is 35.7 Å². The smallest absolute Gasteiger partial charge is 0.252 e. The highest BCUT2D eigenvalue weighted by atomic mass is 35.5. The largest absolute Gasteiger partial charge is 0.352 e. The van der Waals surface area contributed by atoms with E-state index >= 15 is 0 Å². The quantitative estimate of drug-likeness (QED) is 0.496. The Hall–Kier alpha value is -3.37. The molecule has 0 aliphatic heterocycles. The molecule has 0 radical (unpaired) electrons. The maximum Gasteiger partial charge on any atom is 0.252 e. The molecular formula is C25H21ClN2O2.